The minimum absolute atomic E-state index is 0.0746. The van der Waals surface area contributed by atoms with Gasteiger partial charge < -0.3 is 9.30 Å². The van der Waals surface area contributed by atoms with Crippen LogP contribution in [-0.4, -0.2) is 37.8 Å². The highest BCUT2D eigenvalue weighted by Crippen LogP contribution is 2.25. The van der Waals surface area contributed by atoms with E-state index in [-0.39, 0.29) is 5.78 Å². The molecule has 6 nitrogen and oxygen atoms in total. The first-order chi connectivity index (χ1) is 13.6. The Balaban J connectivity index is 1.56. The molecule has 0 N–H and O–H groups in total. The quantitative estimate of drug-likeness (QED) is 0.365. The molecular formula is C21H20N4O2S. The summed E-state index contributed by atoms with van der Waals surface area (Å²) in [5.74, 6) is 1.19. The Bertz CT molecular complexity index is 1150. The highest BCUT2D eigenvalue weighted by molar-refractivity contribution is 7.99. The molecule has 0 bridgehead atoms. The van der Waals surface area contributed by atoms with E-state index in [9.17, 15) is 4.79 Å². The molecule has 0 spiro atoms. The Morgan fingerprint density at radius 3 is 2.64 bits per heavy atom. The number of nitrogens with zero attached hydrogens (tertiary/aromatic N) is 4. The van der Waals surface area contributed by atoms with Crippen LogP contribution in [0, 0.1) is 13.8 Å². The lowest BCUT2D eigenvalue weighted by Gasteiger charge is -2.10. The van der Waals surface area contributed by atoms with Crippen molar-refractivity contribution >= 4 is 23.2 Å². The molecule has 0 saturated heterocycles. The largest absolute Gasteiger partial charge is 0.497 e. The normalized spacial score (nSPS) is 11.1. The van der Waals surface area contributed by atoms with E-state index in [4.69, 9.17) is 4.74 Å². The Morgan fingerprint density at radius 2 is 1.89 bits per heavy atom. The molecule has 0 aliphatic rings. The number of ether oxygens (including phenoxy) is 1. The molecule has 4 aromatic rings. The molecule has 3 heterocycles. The minimum Gasteiger partial charge on any atom is -0.497 e. The molecule has 0 aliphatic heterocycles. The highest BCUT2D eigenvalue weighted by Gasteiger charge is 2.18. The zero-order valence-electron chi connectivity index (χ0n) is 15.9. The predicted molar refractivity (Wildman–Crippen MR) is 110 cm³/mol. The summed E-state index contributed by atoms with van der Waals surface area (Å²) in [7, 11) is 1.65. The van der Waals surface area contributed by atoms with Crippen LogP contribution in [-0.2, 0) is 0 Å². The molecule has 4 rings (SSSR count). The number of methoxy groups -OCH3 is 1. The second-order valence-electron chi connectivity index (χ2n) is 6.44. The fraction of sp³-hybridized carbons (Fsp3) is 0.190. The number of Topliss-reactive ketones (excluding diaryl/α,β-unsaturated/α-hetero) is 1. The molecule has 0 fully saturated rings. The summed E-state index contributed by atoms with van der Waals surface area (Å²) < 4.78 is 9.20. The standard InChI is InChI=1S/C21H20N4O2S/c1-14-12-18(15(2)25(14)16-7-9-17(27-3)10-8-16)19(26)13-28-21-23-22-20-6-4-5-11-24(20)21/h4-12H,13H2,1-3H3. The molecule has 0 radical (unpaired) electrons. The molecule has 0 saturated carbocycles. The van der Waals surface area contributed by atoms with Crippen molar-refractivity contribution in [3.63, 3.8) is 0 Å². The number of carbonyl (C=O) groups excluding carboxylic acids is 1. The van der Waals surface area contributed by atoms with Crippen molar-refractivity contribution in [1.29, 1.82) is 0 Å². The monoisotopic (exact) mass is 392 g/mol. The number of ketones is 1. The smallest absolute Gasteiger partial charge is 0.196 e. The zero-order chi connectivity index (χ0) is 19.7. The van der Waals surface area contributed by atoms with Crippen LogP contribution in [0.5, 0.6) is 5.75 Å². The first kappa shape index (κ1) is 18.3. The molecule has 7 heteroatoms. The minimum atomic E-state index is 0.0746. The van der Waals surface area contributed by atoms with Gasteiger partial charge >= 0.3 is 0 Å². The molecule has 0 atom stereocenters. The van der Waals surface area contributed by atoms with E-state index in [2.05, 4.69) is 14.8 Å². The number of pyridine rings is 1. The third-order valence-corrected chi connectivity index (χ3v) is 5.62. The van der Waals surface area contributed by atoms with Gasteiger partial charge in [-0.2, -0.15) is 0 Å². The van der Waals surface area contributed by atoms with Gasteiger partial charge in [0.2, 0.25) is 0 Å². The summed E-state index contributed by atoms with van der Waals surface area (Å²) in [5.41, 5.74) is 4.46. The number of aryl methyl sites for hydroxylation is 1. The van der Waals surface area contributed by atoms with Crippen LogP contribution >= 0.6 is 11.8 Å². The Kier molecular flexibility index (Phi) is 4.92. The van der Waals surface area contributed by atoms with E-state index < -0.39 is 0 Å². The third kappa shape index (κ3) is 3.29. The lowest BCUT2D eigenvalue weighted by molar-refractivity contribution is 0.102. The number of thioether (sulfide) groups is 1. The number of hydrogen-bond acceptors (Lipinski definition) is 5. The lowest BCUT2D eigenvalue weighted by Crippen LogP contribution is -2.06. The number of carbonyl (C=O) groups is 1. The van der Waals surface area contributed by atoms with Crippen molar-refractivity contribution in [2.75, 3.05) is 12.9 Å². The van der Waals surface area contributed by atoms with Gasteiger partial charge in [0.1, 0.15) is 5.75 Å². The average molecular weight is 392 g/mol. The third-order valence-electron chi connectivity index (χ3n) is 4.68. The van der Waals surface area contributed by atoms with Crippen molar-refractivity contribution in [3.8, 4) is 11.4 Å². The molecule has 1 aromatic carbocycles. The Hall–Kier alpha value is -3.06. The zero-order valence-corrected chi connectivity index (χ0v) is 16.7. The van der Waals surface area contributed by atoms with Crippen molar-refractivity contribution in [2.24, 2.45) is 0 Å². The number of aromatic nitrogens is 4. The van der Waals surface area contributed by atoms with Crippen molar-refractivity contribution < 1.29 is 9.53 Å². The van der Waals surface area contributed by atoms with Gasteiger partial charge in [-0.1, -0.05) is 17.8 Å². The van der Waals surface area contributed by atoms with E-state index in [1.54, 1.807) is 7.11 Å². The molecule has 28 heavy (non-hydrogen) atoms. The van der Waals surface area contributed by atoms with E-state index >= 15 is 0 Å². The summed E-state index contributed by atoms with van der Waals surface area (Å²) in [6.45, 7) is 3.98. The van der Waals surface area contributed by atoms with Gasteiger partial charge in [0.25, 0.3) is 0 Å². The average Bonchev–Trinajstić information content (AvgIpc) is 3.26. The van der Waals surface area contributed by atoms with Gasteiger partial charge in [0.15, 0.2) is 16.6 Å². The van der Waals surface area contributed by atoms with Gasteiger partial charge in [0.05, 0.1) is 12.9 Å². The summed E-state index contributed by atoms with van der Waals surface area (Å²) in [6, 6.07) is 15.5. The van der Waals surface area contributed by atoms with Crippen LogP contribution in [0.1, 0.15) is 21.7 Å². The number of rotatable bonds is 6. The van der Waals surface area contributed by atoms with Crippen molar-refractivity contribution in [2.45, 2.75) is 19.0 Å². The van der Waals surface area contributed by atoms with Gasteiger partial charge in [-0.15, -0.1) is 10.2 Å². The summed E-state index contributed by atoms with van der Waals surface area (Å²) >= 11 is 1.40. The van der Waals surface area contributed by atoms with Crippen LogP contribution in [0.15, 0.2) is 59.9 Å². The topological polar surface area (TPSA) is 61.4 Å². The van der Waals surface area contributed by atoms with Crippen LogP contribution in [0.25, 0.3) is 11.3 Å². The molecule has 3 aromatic heterocycles. The Labute approximate surface area is 167 Å². The maximum Gasteiger partial charge on any atom is 0.196 e. The lowest BCUT2D eigenvalue weighted by atomic mass is 10.2. The molecular weight excluding hydrogens is 372 g/mol. The maximum atomic E-state index is 12.9. The van der Waals surface area contributed by atoms with E-state index in [0.717, 1.165) is 34.0 Å². The Morgan fingerprint density at radius 1 is 1.11 bits per heavy atom. The van der Waals surface area contributed by atoms with Crippen LogP contribution in [0.2, 0.25) is 0 Å². The SMILES string of the molecule is COc1ccc(-n2c(C)cc(C(=O)CSc3nnc4ccccn34)c2C)cc1. The van der Waals surface area contributed by atoms with Gasteiger partial charge in [0, 0.05) is 28.8 Å². The fourth-order valence-electron chi connectivity index (χ4n) is 3.30. The van der Waals surface area contributed by atoms with Crippen LogP contribution in [0.4, 0.5) is 0 Å². The first-order valence-corrected chi connectivity index (χ1v) is 9.86. The summed E-state index contributed by atoms with van der Waals surface area (Å²) in [6.07, 6.45) is 1.90. The first-order valence-electron chi connectivity index (χ1n) is 8.87. The number of fused-ring (bicyclic) bond motifs is 1. The van der Waals surface area contributed by atoms with Gasteiger partial charge in [-0.05, 0) is 56.3 Å². The van der Waals surface area contributed by atoms with E-state index in [1.807, 2.05) is 73.0 Å². The summed E-state index contributed by atoms with van der Waals surface area (Å²) in [4.78, 5) is 12.9. The van der Waals surface area contributed by atoms with Gasteiger partial charge in [-0.25, -0.2) is 0 Å². The van der Waals surface area contributed by atoms with Crippen molar-refractivity contribution in [3.05, 3.63) is 71.7 Å². The molecule has 0 aliphatic carbocycles. The van der Waals surface area contributed by atoms with Crippen LogP contribution < -0.4 is 4.74 Å². The molecule has 0 amide bonds. The second kappa shape index (κ2) is 7.52. The van der Waals surface area contributed by atoms with E-state index in [1.165, 1.54) is 11.8 Å². The van der Waals surface area contributed by atoms with Gasteiger partial charge in [-0.3, -0.25) is 9.20 Å². The maximum absolute atomic E-state index is 12.9. The molecule has 0 unspecified atom stereocenters. The number of hydrogen-bond donors (Lipinski definition) is 0. The fourth-order valence-corrected chi connectivity index (χ4v) is 4.11. The van der Waals surface area contributed by atoms with Crippen LogP contribution in [0.3, 0.4) is 0 Å². The van der Waals surface area contributed by atoms with Crippen molar-refractivity contribution in [1.82, 2.24) is 19.2 Å². The summed E-state index contributed by atoms with van der Waals surface area (Å²) in [5, 5.41) is 9.02. The molecule has 142 valence electrons. The number of benzene rings is 1. The second-order valence-corrected chi connectivity index (χ2v) is 7.38. The predicted octanol–water partition coefficient (Wildman–Crippen LogP) is 4.12. The van der Waals surface area contributed by atoms with E-state index in [0.29, 0.717) is 10.9 Å². The highest BCUT2D eigenvalue weighted by atomic mass is 32.2.